The normalized spacial score (nSPS) is 17.5. The number of carbonyl (C=O) groups excluding carboxylic acids is 2. The molecule has 0 spiro atoms. The van der Waals surface area contributed by atoms with Crippen molar-refractivity contribution in [1.29, 1.82) is 5.26 Å². The molecule has 2 aromatic carbocycles. The summed E-state index contributed by atoms with van der Waals surface area (Å²) >= 11 is 5.68. The molecule has 8 nitrogen and oxygen atoms in total. The second-order valence-electron chi connectivity index (χ2n) is 12.9. The van der Waals surface area contributed by atoms with Gasteiger partial charge in [-0.3, -0.25) is 9.69 Å². The predicted molar refractivity (Wildman–Crippen MR) is 169 cm³/mol. The minimum absolute atomic E-state index is 0.0382. The number of amides is 2. The summed E-state index contributed by atoms with van der Waals surface area (Å²) in [6.45, 7) is 12.7. The molecule has 2 aliphatic rings. The Bertz CT molecular complexity index is 1500. The molecule has 0 unspecified atom stereocenters. The molecule has 242 valence electrons. The van der Waals surface area contributed by atoms with Crippen molar-refractivity contribution in [1.82, 2.24) is 4.90 Å². The Kier molecular flexibility index (Phi) is 9.73. The molecular formula is C33H39F3N4O4S. The number of halogens is 3. The van der Waals surface area contributed by atoms with Gasteiger partial charge in [-0.05, 0) is 120 Å². The number of rotatable bonds is 7. The van der Waals surface area contributed by atoms with E-state index in [0.717, 1.165) is 41.9 Å². The average molecular weight is 645 g/mol. The van der Waals surface area contributed by atoms with Gasteiger partial charge in [-0.1, -0.05) is 6.92 Å². The fourth-order valence-corrected chi connectivity index (χ4v) is 6.17. The number of benzene rings is 2. The van der Waals surface area contributed by atoms with E-state index in [1.807, 2.05) is 39.8 Å². The van der Waals surface area contributed by atoms with E-state index in [-0.39, 0.29) is 16.9 Å². The lowest BCUT2D eigenvalue weighted by molar-refractivity contribution is -0.137. The van der Waals surface area contributed by atoms with Gasteiger partial charge < -0.3 is 19.3 Å². The Hall–Kier alpha value is -3.85. The summed E-state index contributed by atoms with van der Waals surface area (Å²) in [5.41, 5.74) is -1.92. The second-order valence-corrected chi connectivity index (χ2v) is 13.2. The Morgan fingerprint density at radius 1 is 1.09 bits per heavy atom. The van der Waals surface area contributed by atoms with Crippen molar-refractivity contribution in [2.45, 2.75) is 84.5 Å². The van der Waals surface area contributed by atoms with Crippen LogP contribution in [0.15, 0.2) is 36.4 Å². The van der Waals surface area contributed by atoms with Gasteiger partial charge in [0, 0.05) is 18.8 Å². The van der Waals surface area contributed by atoms with Crippen molar-refractivity contribution >= 4 is 40.7 Å². The third kappa shape index (κ3) is 7.35. The van der Waals surface area contributed by atoms with Gasteiger partial charge in [0.25, 0.3) is 5.91 Å². The van der Waals surface area contributed by atoms with Gasteiger partial charge >= 0.3 is 12.3 Å². The van der Waals surface area contributed by atoms with Crippen LogP contribution in [0.3, 0.4) is 0 Å². The summed E-state index contributed by atoms with van der Waals surface area (Å²) in [7, 11) is 0. The van der Waals surface area contributed by atoms with E-state index < -0.39 is 34.4 Å². The highest BCUT2D eigenvalue weighted by molar-refractivity contribution is 7.81. The van der Waals surface area contributed by atoms with Gasteiger partial charge in [0.2, 0.25) is 0 Å². The summed E-state index contributed by atoms with van der Waals surface area (Å²) in [6.07, 6.45) is -1.83. The number of thiocarbonyl (C=S) groups is 1. The molecule has 2 aliphatic heterocycles. The molecular weight excluding hydrogens is 605 g/mol. The lowest BCUT2D eigenvalue weighted by atomic mass is 9.94. The second kappa shape index (κ2) is 12.9. The van der Waals surface area contributed by atoms with E-state index in [1.54, 1.807) is 35.8 Å². The van der Waals surface area contributed by atoms with Crippen molar-refractivity contribution in [2.24, 2.45) is 5.92 Å². The van der Waals surface area contributed by atoms with Crippen molar-refractivity contribution < 1.29 is 32.2 Å². The number of nitriles is 1. The van der Waals surface area contributed by atoms with Crippen LogP contribution in [0.25, 0.3) is 0 Å². The van der Waals surface area contributed by atoms with E-state index >= 15 is 0 Å². The number of anilines is 2. The maximum atomic E-state index is 13.7. The molecule has 2 amide bonds. The van der Waals surface area contributed by atoms with Gasteiger partial charge in [0.05, 0.1) is 29.5 Å². The first-order chi connectivity index (χ1) is 21.0. The van der Waals surface area contributed by atoms with Crippen LogP contribution in [-0.4, -0.2) is 52.8 Å². The van der Waals surface area contributed by atoms with Crippen LogP contribution < -0.4 is 14.5 Å². The van der Waals surface area contributed by atoms with Gasteiger partial charge in [-0.2, -0.15) is 18.4 Å². The summed E-state index contributed by atoms with van der Waals surface area (Å²) in [5.74, 6) is 0.648. The molecule has 0 aliphatic carbocycles. The van der Waals surface area contributed by atoms with E-state index in [4.69, 9.17) is 21.7 Å². The Labute approximate surface area is 267 Å². The van der Waals surface area contributed by atoms with E-state index in [1.165, 1.54) is 6.07 Å². The molecule has 0 radical (unpaired) electrons. The average Bonchev–Trinajstić information content (AvgIpc) is 3.14. The van der Waals surface area contributed by atoms with Gasteiger partial charge in [0.1, 0.15) is 16.9 Å². The third-order valence-electron chi connectivity index (χ3n) is 8.09. The number of hydrogen-bond donors (Lipinski definition) is 0. The fraction of sp³-hybridized carbons (Fsp3) is 0.515. The lowest BCUT2D eigenvalue weighted by Gasteiger charge is -2.33. The van der Waals surface area contributed by atoms with Gasteiger partial charge in [0.15, 0.2) is 5.11 Å². The molecule has 12 heteroatoms. The maximum Gasteiger partial charge on any atom is 0.417 e. The summed E-state index contributed by atoms with van der Waals surface area (Å²) in [5, 5.41) is 9.21. The summed E-state index contributed by atoms with van der Waals surface area (Å²) < 4.78 is 52.7. The van der Waals surface area contributed by atoms with Crippen LogP contribution >= 0.6 is 12.2 Å². The van der Waals surface area contributed by atoms with Crippen molar-refractivity contribution in [3.63, 3.8) is 0 Å². The first kappa shape index (κ1) is 34.0. The molecule has 2 heterocycles. The van der Waals surface area contributed by atoms with Crippen LogP contribution in [0.1, 0.15) is 77.5 Å². The maximum absolute atomic E-state index is 13.7. The molecule has 0 saturated carbocycles. The molecule has 0 aromatic heterocycles. The van der Waals surface area contributed by atoms with Crippen LogP contribution in [0.5, 0.6) is 5.75 Å². The van der Waals surface area contributed by atoms with E-state index in [2.05, 4.69) is 0 Å². The highest BCUT2D eigenvalue weighted by Crippen LogP contribution is 2.40. The fourth-order valence-electron chi connectivity index (χ4n) is 5.65. The number of carbonyl (C=O) groups is 2. The number of ether oxygens (including phenoxy) is 2. The minimum atomic E-state index is -4.77. The van der Waals surface area contributed by atoms with Crippen LogP contribution in [0, 0.1) is 17.2 Å². The zero-order valence-electron chi connectivity index (χ0n) is 26.5. The monoisotopic (exact) mass is 644 g/mol. The minimum Gasteiger partial charge on any atom is -0.493 e. The molecule has 0 bridgehead atoms. The van der Waals surface area contributed by atoms with Gasteiger partial charge in [-0.15, -0.1) is 0 Å². The molecule has 4 rings (SSSR count). The number of hydrogen-bond acceptors (Lipinski definition) is 6. The summed E-state index contributed by atoms with van der Waals surface area (Å²) in [4.78, 5) is 30.4. The largest absolute Gasteiger partial charge is 0.493 e. The number of aryl methyl sites for hydroxylation is 1. The van der Waals surface area contributed by atoms with Gasteiger partial charge in [-0.25, -0.2) is 4.79 Å². The number of likely N-dealkylation sites (tertiary alicyclic amines) is 1. The highest BCUT2D eigenvalue weighted by Gasteiger charge is 2.51. The standard InChI is InChI=1S/C33H39F3N4O4S/c1-7-22-18-25(10-11-27(22)43-17-14-21-12-15-38(16-13-21)30(42)44-31(2,3)4)40-29(45)39(28(41)32(40,5)6)24-9-8-23(20-37)26(19-24)33(34,35)36/h8-11,18-19,21H,7,12-17H2,1-6H3. The first-order valence-corrected chi connectivity index (χ1v) is 15.4. The number of alkyl halides is 3. The number of nitrogens with zero attached hydrogens (tertiary/aromatic N) is 4. The summed E-state index contributed by atoms with van der Waals surface area (Å²) in [6, 6.07) is 10.2. The SMILES string of the molecule is CCc1cc(N2C(=S)N(c3ccc(C#N)c(C(F)(F)F)c3)C(=O)C2(C)C)ccc1OCCC1CCN(C(=O)OC(C)(C)C)CC1. The van der Waals surface area contributed by atoms with E-state index in [0.29, 0.717) is 43.5 Å². The first-order valence-electron chi connectivity index (χ1n) is 15.0. The number of piperidine rings is 1. The van der Waals surface area contributed by atoms with Crippen LogP contribution in [0.4, 0.5) is 29.3 Å². The Morgan fingerprint density at radius 3 is 2.31 bits per heavy atom. The zero-order valence-corrected chi connectivity index (χ0v) is 27.3. The predicted octanol–water partition coefficient (Wildman–Crippen LogP) is 7.47. The Morgan fingerprint density at radius 2 is 1.73 bits per heavy atom. The molecule has 45 heavy (non-hydrogen) atoms. The van der Waals surface area contributed by atoms with Crippen LogP contribution in [0.2, 0.25) is 0 Å². The topological polar surface area (TPSA) is 86.1 Å². The lowest BCUT2D eigenvalue weighted by Crippen LogP contribution is -2.44. The molecule has 2 fully saturated rings. The molecule has 2 aromatic rings. The van der Waals surface area contributed by atoms with Crippen molar-refractivity contribution in [2.75, 3.05) is 29.5 Å². The van der Waals surface area contributed by atoms with E-state index in [9.17, 15) is 28.0 Å². The quantitative estimate of drug-likeness (QED) is 0.289. The van der Waals surface area contributed by atoms with Crippen LogP contribution in [-0.2, 0) is 22.1 Å². The van der Waals surface area contributed by atoms with Crippen molar-refractivity contribution in [3.8, 4) is 11.8 Å². The zero-order chi connectivity index (χ0) is 33.3. The smallest absolute Gasteiger partial charge is 0.417 e. The molecule has 0 N–H and O–H groups in total. The highest BCUT2D eigenvalue weighted by atomic mass is 32.1. The molecule has 0 atom stereocenters. The molecule has 2 saturated heterocycles. The Balaban J connectivity index is 1.45. The van der Waals surface area contributed by atoms with Crippen molar-refractivity contribution in [3.05, 3.63) is 53.1 Å². The third-order valence-corrected chi connectivity index (χ3v) is 8.45.